The Morgan fingerprint density at radius 2 is 2.25 bits per heavy atom. The lowest BCUT2D eigenvalue weighted by Crippen LogP contribution is -2.52. The van der Waals surface area contributed by atoms with Crippen molar-refractivity contribution in [2.75, 3.05) is 33.2 Å². The predicted octanol–water partition coefficient (Wildman–Crippen LogP) is -0.186. The van der Waals surface area contributed by atoms with Gasteiger partial charge in [-0.15, -0.1) is 0 Å². The highest BCUT2D eigenvalue weighted by molar-refractivity contribution is 5.72. The number of hydrogen-bond acceptors (Lipinski definition) is 4. The van der Waals surface area contributed by atoms with Gasteiger partial charge in [0, 0.05) is 32.2 Å². The standard InChI is InChI=1S/C11H23N3O2/c1-3-9-8-14(7-6-13(9)2)5-4-10(12)11(15)16/h9-10H,3-8,12H2,1-2H3,(H,15,16). The minimum atomic E-state index is -0.902. The van der Waals surface area contributed by atoms with Gasteiger partial charge < -0.3 is 20.6 Å². The van der Waals surface area contributed by atoms with Crippen LogP contribution in [0.3, 0.4) is 0 Å². The summed E-state index contributed by atoms with van der Waals surface area (Å²) < 4.78 is 0. The van der Waals surface area contributed by atoms with E-state index >= 15 is 0 Å². The van der Waals surface area contributed by atoms with Crippen LogP contribution in [0.5, 0.6) is 0 Å². The summed E-state index contributed by atoms with van der Waals surface area (Å²) in [6, 6.07) is -0.130. The number of aliphatic carboxylic acids is 1. The van der Waals surface area contributed by atoms with Gasteiger partial charge in [0.2, 0.25) is 0 Å². The molecular formula is C11H23N3O2. The van der Waals surface area contributed by atoms with E-state index in [0.29, 0.717) is 12.5 Å². The third kappa shape index (κ3) is 3.73. The normalized spacial score (nSPS) is 25.6. The van der Waals surface area contributed by atoms with Crippen molar-refractivity contribution in [3.8, 4) is 0 Å². The summed E-state index contributed by atoms with van der Waals surface area (Å²) in [4.78, 5) is 15.3. The first-order chi connectivity index (χ1) is 7.54. The van der Waals surface area contributed by atoms with Crippen molar-refractivity contribution in [3.05, 3.63) is 0 Å². The van der Waals surface area contributed by atoms with Crippen LogP contribution in [0.4, 0.5) is 0 Å². The van der Waals surface area contributed by atoms with Crippen molar-refractivity contribution in [2.24, 2.45) is 5.73 Å². The molecule has 3 N–H and O–H groups in total. The molecular weight excluding hydrogens is 206 g/mol. The van der Waals surface area contributed by atoms with Crippen molar-refractivity contribution in [1.82, 2.24) is 9.80 Å². The van der Waals surface area contributed by atoms with Gasteiger partial charge in [-0.05, 0) is 19.9 Å². The molecule has 1 saturated heterocycles. The largest absolute Gasteiger partial charge is 0.480 e. The highest BCUT2D eigenvalue weighted by Gasteiger charge is 2.23. The van der Waals surface area contributed by atoms with Gasteiger partial charge in [0.25, 0.3) is 0 Å². The summed E-state index contributed by atoms with van der Waals surface area (Å²) in [5.41, 5.74) is 5.49. The molecule has 94 valence electrons. The van der Waals surface area contributed by atoms with Crippen molar-refractivity contribution < 1.29 is 9.90 Å². The van der Waals surface area contributed by atoms with Crippen LogP contribution in [0.2, 0.25) is 0 Å². The monoisotopic (exact) mass is 229 g/mol. The molecule has 1 aliphatic heterocycles. The Kier molecular flexibility index (Phi) is 5.18. The Hall–Kier alpha value is -0.650. The maximum Gasteiger partial charge on any atom is 0.320 e. The quantitative estimate of drug-likeness (QED) is 0.684. The lowest BCUT2D eigenvalue weighted by atomic mass is 10.1. The van der Waals surface area contributed by atoms with Crippen LogP contribution in [0.25, 0.3) is 0 Å². The fraction of sp³-hybridized carbons (Fsp3) is 0.909. The zero-order chi connectivity index (χ0) is 12.1. The summed E-state index contributed by atoms with van der Waals surface area (Å²) in [7, 11) is 2.15. The molecule has 0 saturated carbocycles. The van der Waals surface area contributed by atoms with Crippen LogP contribution in [0.1, 0.15) is 19.8 Å². The maximum absolute atomic E-state index is 10.6. The molecule has 0 aromatic rings. The highest BCUT2D eigenvalue weighted by atomic mass is 16.4. The molecule has 2 unspecified atom stereocenters. The molecule has 1 rings (SSSR count). The van der Waals surface area contributed by atoms with E-state index < -0.39 is 12.0 Å². The highest BCUT2D eigenvalue weighted by Crippen LogP contribution is 2.11. The molecule has 1 fully saturated rings. The minimum absolute atomic E-state index is 0.537. The fourth-order valence-electron chi connectivity index (χ4n) is 2.10. The molecule has 0 amide bonds. The number of likely N-dealkylation sites (N-methyl/N-ethyl adjacent to an activating group) is 1. The number of carboxylic acids is 1. The average molecular weight is 229 g/mol. The molecule has 2 atom stereocenters. The molecule has 5 heteroatoms. The van der Waals surface area contributed by atoms with E-state index in [-0.39, 0.29) is 0 Å². The zero-order valence-corrected chi connectivity index (χ0v) is 10.2. The van der Waals surface area contributed by atoms with Crippen LogP contribution in [0, 0.1) is 0 Å². The summed E-state index contributed by atoms with van der Waals surface area (Å²) >= 11 is 0. The number of piperazine rings is 1. The third-order valence-corrected chi connectivity index (χ3v) is 3.41. The molecule has 1 heterocycles. The summed E-state index contributed by atoms with van der Waals surface area (Å²) in [6.07, 6.45) is 1.67. The van der Waals surface area contributed by atoms with Gasteiger partial charge in [-0.2, -0.15) is 0 Å². The van der Waals surface area contributed by atoms with Gasteiger partial charge in [0.1, 0.15) is 6.04 Å². The van der Waals surface area contributed by atoms with E-state index in [1.165, 1.54) is 0 Å². The first-order valence-corrected chi connectivity index (χ1v) is 5.95. The molecule has 16 heavy (non-hydrogen) atoms. The van der Waals surface area contributed by atoms with E-state index in [1.54, 1.807) is 0 Å². The van der Waals surface area contributed by atoms with Crippen LogP contribution in [0.15, 0.2) is 0 Å². The van der Waals surface area contributed by atoms with Crippen molar-refractivity contribution in [1.29, 1.82) is 0 Å². The van der Waals surface area contributed by atoms with Crippen molar-refractivity contribution in [2.45, 2.75) is 31.8 Å². The topological polar surface area (TPSA) is 69.8 Å². The van der Waals surface area contributed by atoms with Gasteiger partial charge in [-0.25, -0.2) is 0 Å². The van der Waals surface area contributed by atoms with Crippen LogP contribution >= 0.6 is 0 Å². The second kappa shape index (κ2) is 6.18. The molecule has 0 aromatic carbocycles. The van der Waals surface area contributed by atoms with E-state index in [0.717, 1.165) is 32.6 Å². The SMILES string of the molecule is CCC1CN(CCC(N)C(=O)O)CCN1C. The van der Waals surface area contributed by atoms with Crippen LogP contribution < -0.4 is 5.73 Å². The first-order valence-electron chi connectivity index (χ1n) is 5.95. The summed E-state index contributed by atoms with van der Waals surface area (Å²) in [5.74, 6) is -0.902. The molecule has 0 aromatic heterocycles. The number of nitrogens with zero attached hydrogens (tertiary/aromatic N) is 2. The second-order valence-electron chi connectivity index (χ2n) is 4.58. The van der Waals surface area contributed by atoms with E-state index in [2.05, 4.69) is 23.8 Å². The van der Waals surface area contributed by atoms with E-state index in [4.69, 9.17) is 10.8 Å². The molecule has 0 bridgehead atoms. The molecule has 0 spiro atoms. The zero-order valence-electron chi connectivity index (χ0n) is 10.2. The summed E-state index contributed by atoms with van der Waals surface area (Å²) in [6.45, 7) is 6.07. The summed E-state index contributed by atoms with van der Waals surface area (Å²) in [5, 5.41) is 8.70. The fourth-order valence-corrected chi connectivity index (χ4v) is 2.10. The molecule has 0 aliphatic carbocycles. The minimum Gasteiger partial charge on any atom is -0.480 e. The van der Waals surface area contributed by atoms with E-state index in [1.807, 2.05) is 0 Å². The Balaban J connectivity index is 2.30. The number of carbonyl (C=O) groups is 1. The number of rotatable bonds is 5. The third-order valence-electron chi connectivity index (χ3n) is 3.41. The Bertz CT molecular complexity index is 235. The Morgan fingerprint density at radius 1 is 1.56 bits per heavy atom. The number of carboxylic acid groups (broad SMARTS) is 1. The average Bonchev–Trinajstić information content (AvgIpc) is 2.27. The van der Waals surface area contributed by atoms with Crippen LogP contribution in [-0.4, -0.2) is 66.2 Å². The van der Waals surface area contributed by atoms with Gasteiger partial charge in [0.05, 0.1) is 0 Å². The Morgan fingerprint density at radius 3 is 2.81 bits per heavy atom. The van der Waals surface area contributed by atoms with Gasteiger partial charge in [-0.1, -0.05) is 6.92 Å². The predicted molar refractivity (Wildman–Crippen MR) is 63.4 cm³/mol. The van der Waals surface area contributed by atoms with E-state index in [9.17, 15) is 4.79 Å². The van der Waals surface area contributed by atoms with Crippen molar-refractivity contribution >= 4 is 5.97 Å². The maximum atomic E-state index is 10.6. The van der Waals surface area contributed by atoms with Gasteiger partial charge >= 0.3 is 5.97 Å². The van der Waals surface area contributed by atoms with Crippen LogP contribution in [-0.2, 0) is 4.79 Å². The lowest BCUT2D eigenvalue weighted by molar-refractivity contribution is -0.138. The first kappa shape index (κ1) is 13.4. The Labute approximate surface area is 97.2 Å². The van der Waals surface area contributed by atoms with Crippen molar-refractivity contribution in [3.63, 3.8) is 0 Å². The molecule has 0 radical (unpaired) electrons. The number of hydrogen-bond donors (Lipinski definition) is 2. The van der Waals surface area contributed by atoms with Gasteiger partial charge in [-0.3, -0.25) is 4.79 Å². The molecule has 5 nitrogen and oxygen atoms in total. The number of nitrogens with two attached hydrogens (primary N) is 1. The lowest BCUT2D eigenvalue weighted by Gasteiger charge is -2.39. The smallest absolute Gasteiger partial charge is 0.320 e. The molecule has 1 aliphatic rings. The second-order valence-corrected chi connectivity index (χ2v) is 4.58. The van der Waals surface area contributed by atoms with Gasteiger partial charge in [0.15, 0.2) is 0 Å².